The zero-order valence-electron chi connectivity index (χ0n) is 5.15. The summed E-state index contributed by atoms with van der Waals surface area (Å²) in [4.78, 5) is 0. The van der Waals surface area contributed by atoms with Crippen LogP contribution in [-0.2, 0) is 9.47 Å². The molecule has 0 unspecified atom stereocenters. The Balaban J connectivity index is 3.12. The van der Waals surface area contributed by atoms with Gasteiger partial charge in [0, 0.05) is 0 Å². The summed E-state index contributed by atoms with van der Waals surface area (Å²) in [5.74, 6) is 0. The van der Waals surface area contributed by atoms with Gasteiger partial charge in [-0.15, -0.1) is 0 Å². The van der Waals surface area contributed by atoms with Crippen LogP contribution in [-0.4, -0.2) is 17.2 Å². The zero-order chi connectivity index (χ0) is 8.04. The van der Waals surface area contributed by atoms with Gasteiger partial charge in [-0.2, -0.15) is 0 Å². The third-order valence-corrected chi connectivity index (χ3v) is 0.862. The van der Waals surface area contributed by atoms with E-state index >= 15 is 0 Å². The van der Waals surface area contributed by atoms with Gasteiger partial charge in [-0.25, -0.2) is 0 Å². The lowest BCUT2D eigenvalue weighted by Crippen LogP contribution is -2.13. The van der Waals surface area contributed by atoms with Gasteiger partial charge in [0.15, 0.2) is 6.79 Å². The molecule has 0 heterocycles. The molecule has 0 aliphatic rings. The molecule has 60 valence electrons. The molecule has 0 aromatic heterocycles. The number of halogens is 3. The lowest BCUT2D eigenvalue weighted by atomic mass is 10.8. The molecule has 0 bridgehead atoms. The monoisotopic (exact) mass is 204 g/mol. The average molecular weight is 205 g/mol. The first kappa shape index (κ1) is 10.4. The van der Waals surface area contributed by atoms with E-state index in [-0.39, 0.29) is 13.4 Å². The predicted octanol–water partition coefficient (Wildman–Crippen LogP) is 2.49. The van der Waals surface area contributed by atoms with E-state index in [1.807, 2.05) is 0 Å². The van der Waals surface area contributed by atoms with Crippen molar-refractivity contribution in [2.45, 2.75) is 3.79 Å². The van der Waals surface area contributed by atoms with E-state index in [0.717, 1.165) is 0 Å². The van der Waals surface area contributed by atoms with Crippen molar-refractivity contribution in [2.24, 2.45) is 0 Å². The van der Waals surface area contributed by atoms with Gasteiger partial charge in [0.05, 0.1) is 12.9 Å². The third kappa shape index (κ3) is 8.37. The summed E-state index contributed by atoms with van der Waals surface area (Å²) in [5, 5.41) is 0. The standard InChI is InChI=1S/C5H7Cl3O2/c1-2-9-4-10-3-5(6,7)8/h2H,1,3-4H2. The van der Waals surface area contributed by atoms with Crippen LogP contribution in [0.2, 0.25) is 0 Å². The highest BCUT2D eigenvalue weighted by atomic mass is 35.6. The molecule has 0 radical (unpaired) electrons. The predicted molar refractivity (Wildman–Crippen MR) is 42.4 cm³/mol. The Labute approximate surface area is 74.6 Å². The minimum Gasteiger partial charge on any atom is -0.476 e. The van der Waals surface area contributed by atoms with Crippen molar-refractivity contribution >= 4 is 34.8 Å². The Morgan fingerprint density at radius 1 is 1.40 bits per heavy atom. The van der Waals surface area contributed by atoms with Gasteiger partial charge >= 0.3 is 0 Å². The average Bonchev–Trinajstić information content (AvgIpc) is 1.78. The first-order valence-corrected chi connectivity index (χ1v) is 3.56. The topological polar surface area (TPSA) is 18.5 Å². The second-order valence-corrected chi connectivity index (χ2v) is 3.93. The van der Waals surface area contributed by atoms with Crippen molar-refractivity contribution in [3.63, 3.8) is 0 Å². The highest BCUT2D eigenvalue weighted by Gasteiger charge is 2.19. The zero-order valence-corrected chi connectivity index (χ0v) is 7.42. The molecule has 0 aliphatic carbocycles. The van der Waals surface area contributed by atoms with E-state index in [0.29, 0.717) is 0 Å². The van der Waals surface area contributed by atoms with Gasteiger partial charge < -0.3 is 9.47 Å². The Morgan fingerprint density at radius 3 is 2.40 bits per heavy atom. The van der Waals surface area contributed by atoms with Crippen molar-refractivity contribution in [3.8, 4) is 0 Å². The second-order valence-electron chi connectivity index (χ2n) is 1.41. The Hall–Kier alpha value is 0.370. The highest BCUT2D eigenvalue weighted by molar-refractivity contribution is 6.67. The quantitative estimate of drug-likeness (QED) is 0.304. The van der Waals surface area contributed by atoms with Crippen LogP contribution in [0.4, 0.5) is 0 Å². The van der Waals surface area contributed by atoms with E-state index in [1.54, 1.807) is 0 Å². The molecule has 5 heteroatoms. The summed E-state index contributed by atoms with van der Waals surface area (Å²) in [6.45, 7) is 3.35. The lowest BCUT2D eigenvalue weighted by Gasteiger charge is -2.09. The largest absolute Gasteiger partial charge is 0.476 e. The number of alkyl halides is 3. The molecule has 10 heavy (non-hydrogen) atoms. The Kier molecular flexibility index (Phi) is 5.27. The lowest BCUT2D eigenvalue weighted by molar-refractivity contribution is -0.00860. The van der Waals surface area contributed by atoms with E-state index in [4.69, 9.17) is 39.5 Å². The molecule has 0 aromatic rings. The molecule has 0 N–H and O–H groups in total. The third-order valence-electron chi connectivity index (χ3n) is 0.535. The van der Waals surface area contributed by atoms with Crippen LogP contribution >= 0.6 is 34.8 Å². The smallest absolute Gasteiger partial charge is 0.213 e. The maximum atomic E-state index is 5.34. The van der Waals surface area contributed by atoms with Crippen molar-refractivity contribution in [1.82, 2.24) is 0 Å². The van der Waals surface area contributed by atoms with E-state index in [9.17, 15) is 0 Å². The summed E-state index contributed by atoms with van der Waals surface area (Å²) in [6, 6.07) is 0. The van der Waals surface area contributed by atoms with Crippen LogP contribution in [0.25, 0.3) is 0 Å². The molecule has 0 saturated carbocycles. The van der Waals surface area contributed by atoms with Gasteiger partial charge in [-0.1, -0.05) is 41.4 Å². The molecule has 0 amide bonds. The Bertz CT molecular complexity index is 99.6. The number of rotatable bonds is 4. The molecule has 0 aliphatic heterocycles. The van der Waals surface area contributed by atoms with Crippen LogP contribution in [0.1, 0.15) is 0 Å². The summed E-state index contributed by atoms with van der Waals surface area (Å²) in [6.07, 6.45) is 1.25. The fraction of sp³-hybridized carbons (Fsp3) is 0.600. The SMILES string of the molecule is C=COCOCC(Cl)(Cl)Cl. The second kappa shape index (κ2) is 5.08. The van der Waals surface area contributed by atoms with Crippen molar-refractivity contribution in [1.29, 1.82) is 0 Å². The van der Waals surface area contributed by atoms with Crippen LogP contribution in [0, 0.1) is 0 Å². The maximum absolute atomic E-state index is 5.34. The number of hydrogen-bond donors (Lipinski definition) is 0. The minimum absolute atomic E-state index is 0.00546. The molecular formula is C5H7Cl3O2. The van der Waals surface area contributed by atoms with Gasteiger partial charge in [0.25, 0.3) is 0 Å². The van der Waals surface area contributed by atoms with Crippen LogP contribution < -0.4 is 0 Å². The van der Waals surface area contributed by atoms with Gasteiger partial charge in [-0.3, -0.25) is 0 Å². The normalized spacial score (nSPS) is 11.1. The van der Waals surface area contributed by atoms with Crippen molar-refractivity contribution < 1.29 is 9.47 Å². The fourth-order valence-corrected chi connectivity index (χ4v) is 0.485. The molecule has 0 fully saturated rings. The molecule has 0 rings (SSSR count). The first-order chi connectivity index (χ1) is 4.56. The summed E-state index contributed by atoms with van der Waals surface area (Å²) < 4.78 is 7.97. The van der Waals surface area contributed by atoms with Crippen molar-refractivity contribution in [2.75, 3.05) is 13.4 Å². The summed E-state index contributed by atoms with van der Waals surface area (Å²) in [5.41, 5.74) is 0. The summed E-state index contributed by atoms with van der Waals surface area (Å²) in [7, 11) is 0. The first-order valence-electron chi connectivity index (χ1n) is 2.43. The fourth-order valence-electron chi connectivity index (χ4n) is 0.254. The Morgan fingerprint density at radius 2 is 2.00 bits per heavy atom. The number of ether oxygens (including phenoxy) is 2. The molecular weight excluding hydrogens is 198 g/mol. The molecule has 0 aromatic carbocycles. The maximum Gasteiger partial charge on any atom is 0.213 e. The van der Waals surface area contributed by atoms with Crippen LogP contribution in [0.3, 0.4) is 0 Å². The van der Waals surface area contributed by atoms with Crippen molar-refractivity contribution in [3.05, 3.63) is 12.8 Å². The van der Waals surface area contributed by atoms with Gasteiger partial charge in [0.2, 0.25) is 3.79 Å². The van der Waals surface area contributed by atoms with Gasteiger partial charge in [0.1, 0.15) is 0 Å². The van der Waals surface area contributed by atoms with Gasteiger partial charge in [-0.05, 0) is 0 Å². The molecule has 2 nitrogen and oxygen atoms in total. The summed E-state index contributed by atoms with van der Waals surface area (Å²) >= 11 is 16.0. The number of hydrogen-bond acceptors (Lipinski definition) is 2. The van der Waals surface area contributed by atoms with Crippen LogP contribution in [0.15, 0.2) is 12.8 Å². The van der Waals surface area contributed by atoms with E-state index < -0.39 is 3.79 Å². The molecule has 0 atom stereocenters. The van der Waals surface area contributed by atoms with E-state index in [2.05, 4.69) is 11.3 Å². The van der Waals surface area contributed by atoms with Crippen LogP contribution in [0.5, 0.6) is 0 Å². The molecule has 0 saturated heterocycles. The minimum atomic E-state index is -1.37. The highest BCUT2D eigenvalue weighted by Crippen LogP contribution is 2.25. The molecule has 0 spiro atoms. The van der Waals surface area contributed by atoms with E-state index in [1.165, 1.54) is 6.26 Å².